The number of aromatic hydroxyl groups is 5. The average molecular weight is 2030 g/mol. The smallest absolute Gasteiger partial charge is 1.00 e. The van der Waals surface area contributed by atoms with Crippen LogP contribution in [-0.2, 0) is 43.4 Å². The number of hydrogen-bond donors (Lipinski definition) is 6. The quantitative estimate of drug-likeness (QED) is 0.0714. The van der Waals surface area contributed by atoms with Gasteiger partial charge in [-0.3, -0.25) is 19.2 Å². The van der Waals surface area contributed by atoms with E-state index in [4.69, 9.17) is 0 Å². The van der Waals surface area contributed by atoms with E-state index in [9.17, 15) is 49.8 Å². The maximum atomic E-state index is 12.2. The number of phenolic OH excluding ortho intramolecular Hbond substituents is 5. The van der Waals surface area contributed by atoms with E-state index in [0.717, 1.165) is 181 Å². The van der Waals surface area contributed by atoms with E-state index in [-0.39, 0.29) is 112 Å². The van der Waals surface area contributed by atoms with Gasteiger partial charge in [0.2, 0.25) is 0 Å². The van der Waals surface area contributed by atoms with Gasteiger partial charge < -0.3 is 33.5 Å². The van der Waals surface area contributed by atoms with Crippen LogP contribution in [-0.4, -0.2) is 86.7 Å². The minimum Gasteiger partial charge on any atom is -1.00 e. The third-order valence-corrected chi connectivity index (χ3v) is 23.7. The summed E-state index contributed by atoms with van der Waals surface area (Å²) in [5.41, 5.74) is 29.3. The Kier molecular flexibility index (Phi) is 33.7. The molecule has 23 heteroatoms. The number of hydrogen-bond acceptors (Lipinski definition) is 10. The first-order valence-electron chi connectivity index (χ1n) is 33.4. The van der Waals surface area contributed by atoms with Gasteiger partial charge in [-0.25, -0.2) is 0 Å². The van der Waals surface area contributed by atoms with Crippen molar-refractivity contribution < 1.29 is 123 Å². The summed E-state index contributed by atoms with van der Waals surface area (Å²) in [5, 5.41) is 59.4. The summed E-state index contributed by atoms with van der Waals surface area (Å²) in [6.07, 6.45) is 3.92. The third kappa shape index (κ3) is 20.9. The number of phenols is 5. The molecule has 553 valence electrons. The Balaban J connectivity index is 0.000000284. The van der Waals surface area contributed by atoms with Crippen LogP contribution in [0.25, 0.3) is 55.6 Å². The standard InChI is InChI=1S/2C17H14Br2O2.C17H17BrO2.C17H15BrO2.C17H16O2.2B.2BrH.Cu.2Na.2H/c2*1-9-5-12(6-10(2)15(9)20)11-3-4-14-13(7-11)8-17(18,19)16(14)21;2*1-9-5-12(6-10(2)16(9)19)11-3-4-14-13(7-11)8-15(18)17(14)20;1-10-7-14(8-11(2)17(10)19)12-3-5-15-13(9-12)4-6-16(15)18;;;;;;;;;/h2*3-7,20H,8H2,1-2H3;3-7,15,17,19-20H,8H2,1-2H3;3-7,15,19H,8H2,1-2H3;3,5,7-9,19H,4,6H2,1-2H3;;;2*1H;;;;;/q;;;;;;;;;+2;2*+1;2*-1/p-2. The van der Waals surface area contributed by atoms with E-state index in [1.807, 2.05) is 191 Å². The summed E-state index contributed by atoms with van der Waals surface area (Å²) in [5.74, 6) is 2.33. The molecule has 0 heterocycles. The van der Waals surface area contributed by atoms with Crippen LogP contribution in [0.1, 0.15) is 146 Å². The number of aryl methyl sites for hydroxylation is 11. The Labute approximate surface area is 754 Å². The van der Waals surface area contributed by atoms with E-state index in [1.54, 1.807) is 0 Å². The number of aliphatic hydroxyl groups excluding tert-OH is 1. The molecule has 3 atom stereocenters. The molecule has 0 aromatic heterocycles. The van der Waals surface area contributed by atoms with Crippen LogP contribution in [0.3, 0.4) is 0 Å². The van der Waals surface area contributed by atoms with Crippen LogP contribution in [0.5, 0.6) is 28.7 Å². The summed E-state index contributed by atoms with van der Waals surface area (Å²) in [6, 6.07) is 49.8. The zero-order chi connectivity index (χ0) is 75.9. The molecule has 0 saturated heterocycles. The number of aliphatic hydroxyl groups is 1. The van der Waals surface area contributed by atoms with Crippen molar-refractivity contribution >= 4 is 164 Å². The van der Waals surface area contributed by atoms with Gasteiger partial charge in [0, 0.05) is 63.2 Å². The van der Waals surface area contributed by atoms with Gasteiger partial charge in [-0.15, -0.1) is 0 Å². The third-order valence-electron chi connectivity index (χ3n) is 19.6. The Morgan fingerprint density at radius 1 is 0.361 bits per heavy atom. The van der Waals surface area contributed by atoms with Crippen LogP contribution in [0.2, 0.25) is 0 Å². The number of carbonyl (C=O) groups excluding carboxylic acids is 4. The number of benzene rings is 10. The van der Waals surface area contributed by atoms with Crippen molar-refractivity contribution in [2.45, 2.75) is 130 Å². The molecule has 15 rings (SSSR count). The molecule has 5 aliphatic carbocycles. The molecule has 10 aromatic rings. The largest absolute Gasteiger partial charge is 1.00 e. The minimum atomic E-state index is -0.665. The maximum absolute atomic E-state index is 12.2. The van der Waals surface area contributed by atoms with Gasteiger partial charge in [0.05, 0.1) is 10.9 Å². The zero-order valence-electron chi connectivity index (χ0n) is 63.7. The molecule has 6 radical (unpaired) electrons. The Hall–Kier alpha value is -3.67. The van der Waals surface area contributed by atoms with Crippen molar-refractivity contribution in [3.8, 4) is 84.4 Å². The predicted octanol–water partition coefficient (Wildman–Crippen LogP) is 17.0. The summed E-state index contributed by atoms with van der Waals surface area (Å²) in [4.78, 5) is 48.0. The first kappa shape index (κ1) is 93.2. The van der Waals surface area contributed by atoms with E-state index in [0.29, 0.717) is 48.0 Å². The molecule has 3 unspecified atom stereocenters. The van der Waals surface area contributed by atoms with E-state index >= 15 is 0 Å². The number of rotatable bonds is 5. The van der Waals surface area contributed by atoms with Gasteiger partial charge >= 0.3 is 98.7 Å². The van der Waals surface area contributed by atoms with Gasteiger partial charge in [-0.05, 0) is 294 Å². The topological polar surface area (TPSA) is 190 Å². The van der Waals surface area contributed by atoms with Crippen molar-refractivity contribution in [2.75, 3.05) is 0 Å². The van der Waals surface area contributed by atoms with Gasteiger partial charge in [0.15, 0.2) is 23.1 Å². The van der Waals surface area contributed by atoms with Gasteiger partial charge in [-0.2, -0.15) is 0 Å². The number of Topliss-reactive ketones (excluding diaryl/α,β-unsaturated/α-hetero) is 4. The zero-order valence-corrected chi connectivity index (χ0v) is 79.3. The van der Waals surface area contributed by atoms with Crippen molar-refractivity contribution in [1.29, 1.82) is 0 Å². The fourth-order valence-corrected chi connectivity index (χ4v) is 17.3. The number of fused-ring (bicyclic) bond motifs is 5. The van der Waals surface area contributed by atoms with E-state index in [1.165, 1.54) is 16.9 Å². The molecule has 0 bridgehead atoms. The normalized spacial score (nSPS) is 16.0. The summed E-state index contributed by atoms with van der Waals surface area (Å²) in [7, 11) is 0. The second kappa shape index (κ2) is 39.1. The number of alkyl halides is 6. The monoisotopic (exact) mass is 2020 g/mol. The van der Waals surface area contributed by atoms with Crippen LogP contribution in [0.4, 0.5) is 0 Å². The predicted molar refractivity (Wildman–Crippen MR) is 459 cm³/mol. The summed E-state index contributed by atoms with van der Waals surface area (Å²) in [6.45, 7) is 19.0. The Morgan fingerprint density at radius 2 is 0.630 bits per heavy atom. The van der Waals surface area contributed by atoms with Gasteiger partial charge in [0.1, 0.15) is 35.2 Å². The number of halogens is 8. The first-order chi connectivity index (χ1) is 49.0. The molecule has 0 fully saturated rings. The number of carbonyl (C=O) groups is 4. The van der Waals surface area contributed by atoms with E-state index in [2.05, 4.69) is 154 Å². The van der Waals surface area contributed by atoms with Crippen LogP contribution in [0, 0.1) is 69.2 Å². The molecule has 0 aliphatic heterocycles. The molecule has 5 aliphatic rings. The molecule has 0 amide bonds. The Bertz CT molecular complexity index is 4900. The van der Waals surface area contributed by atoms with Crippen molar-refractivity contribution in [2.24, 2.45) is 0 Å². The number of ketones is 4. The second-order valence-electron chi connectivity index (χ2n) is 27.3. The van der Waals surface area contributed by atoms with Gasteiger partial charge in [-0.1, -0.05) is 187 Å². The van der Waals surface area contributed by atoms with Crippen LogP contribution in [0.15, 0.2) is 152 Å². The summed E-state index contributed by atoms with van der Waals surface area (Å²) < 4.78 is -1.33. The van der Waals surface area contributed by atoms with Crippen molar-refractivity contribution in [3.63, 3.8) is 0 Å². The first-order valence-corrected chi connectivity index (χ1v) is 43.0. The second-order valence-corrected chi connectivity index (χ2v) is 41.9. The van der Waals surface area contributed by atoms with E-state index < -0.39 is 12.6 Å². The molecule has 108 heavy (non-hydrogen) atoms. The molecule has 10 aromatic carbocycles. The molecule has 6 N–H and O–H groups in total. The maximum Gasteiger partial charge on any atom is 1.00 e. The van der Waals surface area contributed by atoms with Gasteiger partial charge in [0.25, 0.3) is 0 Å². The summed E-state index contributed by atoms with van der Waals surface area (Å²) >= 11 is 28.1. The SMILES string of the molecule is Cc1cc(-c2ccc3c(c2)CC(Br)(Br)C3=O)cc(C)c1O.Cc1cc(-c2ccc3c(c2)CC(Br)(Br)C3=O)cc(C)c1O.Cc1cc(-c2ccc3c(c2)CC(Br)C3=O)cc(C)c1O.Cc1cc(-c2ccc3c(c2)CC(Br)C3O)cc(C)c1O.Cc1cc(-c2ccc3c(c2)CCC3=O)cc(C)c1O.[B].[B].[Br][Cu][Br].[H-].[H-].[Na+].[Na+]. The average Bonchev–Trinajstić information content (AvgIpc) is 1.62. The molecule has 0 saturated carbocycles. The van der Waals surface area contributed by atoms with Crippen molar-refractivity contribution in [1.82, 2.24) is 0 Å². The molecular formula is C85H78B2Br8CuNa2O10. The molecule has 10 nitrogen and oxygen atoms in total. The molecular weight excluding hydrogens is 1950 g/mol. The fourth-order valence-electron chi connectivity index (χ4n) is 14.0. The Morgan fingerprint density at radius 3 is 0.954 bits per heavy atom. The minimum absolute atomic E-state index is 0. The molecule has 0 spiro atoms. The van der Waals surface area contributed by atoms with Crippen LogP contribution >= 0.6 is 124 Å². The van der Waals surface area contributed by atoms with Crippen LogP contribution < -0.4 is 59.1 Å². The van der Waals surface area contributed by atoms with Crippen molar-refractivity contribution in [3.05, 3.63) is 263 Å². The fraction of sp³-hybridized carbons (Fsp3) is 0.247.